The van der Waals surface area contributed by atoms with Gasteiger partial charge in [0.25, 0.3) is 10.0 Å². The van der Waals surface area contributed by atoms with Crippen LogP contribution in [0.15, 0.2) is 9.00 Å². The molecule has 0 spiro atoms. The summed E-state index contributed by atoms with van der Waals surface area (Å²) in [6, 6.07) is 0. The number of aliphatic hydroxyl groups is 1. The Morgan fingerprint density at radius 1 is 1.29 bits per heavy atom. The van der Waals surface area contributed by atoms with Crippen LogP contribution in [0.4, 0.5) is 0 Å². The van der Waals surface area contributed by atoms with E-state index >= 15 is 0 Å². The number of aromatic nitrogens is 1. The van der Waals surface area contributed by atoms with Crippen molar-refractivity contribution in [2.45, 2.75) is 30.6 Å². The van der Waals surface area contributed by atoms with Crippen LogP contribution in [0.2, 0.25) is 0 Å². The summed E-state index contributed by atoms with van der Waals surface area (Å²) >= 11 is 0.731. The smallest absolute Gasteiger partial charge is 0.305 e. The van der Waals surface area contributed by atoms with Crippen LogP contribution in [0.1, 0.15) is 19.5 Å². The Morgan fingerprint density at radius 2 is 1.86 bits per heavy atom. The normalized spacial score (nSPS) is 19.0. The fourth-order valence-electron chi connectivity index (χ4n) is 2.43. The third-order valence-electron chi connectivity index (χ3n) is 3.30. The molecule has 1 fully saturated rings. The first kappa shape index (κ1) is 16.6. The first-order chi connectivity index (χ1) is 9.59. The molecule has 0 aliphatic carbocycles. The number of rotatable bonds is 4. The molecule has 0 unspecified atom stereocenters. The van der Waals surface area contributed by atoms with Crippen molar-refractivity contribution >= 4 is 21.4 Å². The number of hydrogen-bond donors (Lipinski definition) is 2. The Hall–Kier alpha value is -0.740. The highest BCUT2D eigenvalue weighted by Gasteiger charge is 2.32. The van der Waals surface area contributed by atoms with Crippen LogP contribution >= 0.6 is 11.3 Å². The van der Waals surface area contributed by atoms with E-state index in [1.807, 2.05) is 4.90 Å². The highest BCUT2D eigenvalue weighted by Crippen LogP contribution is 2.22. The molecular weight excluding hydrogens is 314 g/mol. The van der Waals surface area contributed by atoms with E-state index in [4.69, 9.17) is 0 Å². The maximum atomic E-state index is 12.5. The Kier molecular flexibility index (Phi) is 4.60. The second-order valence-electron chi connectivity index (χ2n) is 5.92. The van der Waals surface area contributed by atoms with Crippen molar-refractivity contribution in [2.24, 2.45) is 0 Å². The molecule has 7 nitrogen and oxygen atoms in total. The van der Waals surface area contributed by atoms with Gasteiger partial charge in [-0.3, -0.25) is 9.69 Å². The summed E-state index contributed by atoms with van der Waals surface area (Å²) in [5, 5.41) is 9.80. The summed E-state index contributed by atoms with van der Waals surface area (Å²) < 4.78 is 26.5. The number of aryl methyl sites for hydroxylation is 1. The van der Waals surface area contributed by atoms with Crippen molar-refractivity contribution in [1.29, 1.82) is 0 Å². The van der Waals surface area contributed by atoms with Crippen LogP contribution in [0, 0.1) is 6.92 Å². The number of sulfonamides is 1. The van der Waals surface area contributed by atoms with E-state index in [1.54, 1.807) is 20.8 Å². The van der Waals surface area contributed by atoms with Crippen LogP contribution in [-0.2, 0) is 10.0 Å². The van der Waals surface area contributed by atoms with Gasteiger partial charge >= 0.3 is 4.87 Å². The minimum absolute atomic E-state index is 0.100. The third kappa shape index (κ3) is 3.92. The molecule has 1 saturated heterocycles. The molecule has 0 bridgehead atoms. The van der Waals surface area contributed by atoms with E-state index in [0.29, 0.717) is 38.4 Å². The van der Waals surface area contributed by atoms with Crippen molar-refractivity contribution in [1.82, 2.24) is 14.2 Å². The Morgan fingerprint density at radius 3 is 2.29 bits per heavy atom. The fourth-order valence-corrected chi connectivity index (χ4v) is 5.29. The molecule has 0 atom stereocenters. The van der Waals surface area contributed by atoms with Gasteiger partial charge in [-0.25, -0.2) is 8.42 Å². The van der Waals surface area contributed by atoms with Gasteiger partial charge in [-0.05, 0) is 20.8 Å². The lowest BCUT2D eigenvalue weighted by molar-refractivity contribution is 0.0263. The van der Waals surface area contributed by atoms with E-state index in [1.165, 1.54) is 4.31 Å². The molecule has 1 aromatic heterocycles. The Labute approximate surface area is 128 Å². The quantitative estimate of drug-likeness (QED) is 0.796. The SMILES string of the molecule is Cc1[nH]c(=O)sc1S(=O)(=O)N1CCN(CC(C)(C)O)CC1. The van der Waals surface area contributed by atoms with Gasteiger partial charge in [0.1, 0.15) is 0 Å². The summed E-state index contributed by atoms with van der Waals surface area (Å²) in [5.41, 5.74) is -0.401. The first-order valence-electron chi connectivity index (χ1n) is 6.74. The lowest BCUT2D eigenvalue weighted by atomic mass is 10.1. The van der Waals surface area contributed by atoms with Crippen molar-refractivity contribution in [3.05, 3.63) is 15.4 Å². The molecule has 21 heavy (non-hydrogen) atoms. The van der Waals surface area contributed by atoms with Gasteiger partial charge in [0.2, 0.25) is 0 Å². The second-order valence-corrected chi connectivity index (χ2v) is 9.04. The fraction of sp³-hybridized carbons (Fsp3) is 0.750. The van der Waals surface area contributed by atoms with Crippen molar-refractivity contribution in [3.8, 4) is 0 Å². The highest BCUT2D eigenvalue weighted by atomic mass is 32.2. The van der Waals surface area contributed by atoms with E-state index in [0.717, 1.165) is 11.3 Å². The van der Waals surface area contributed by atoms with Gasteiger partial charge < -0.3 is 10.1 Å². The Bertz CT molecular complexity index is 649. The molecule has 0 aromatic carbocycles. The number of hydrogen-bond acceptors (Lipinski definition) is 6. The lowest BCUT2D eigenvalue weighted by Crippen LogP contribution is -2.51. The zero-order chi connectivity index (χ0) is 15.8. The topological polar surface area (TPSA) is 93.7 Å². The highest BCUT2D eigenvalue weighted by molar-refractivity contribution is 7.91. The van der Waals surface area contributed by atoms with Gasteiger partial charge in [-0.2, -0.15) is 4.31 Å². The van der Waals surface area contributed by atoms with E-state index in [-0.39, 0.29) is 9.08 Å². The second kappa shape index (κ2) is 5.81. The molecule has 120 valence electrons. The first-order valence-corrected chi connectivity index (χ1v) is 9.00. The van der Waals surface area contributed by atoms with Gasteiger partial charge in [0.05, 0.1) is 5.60 Å². The van der Waals surface area contributed by atoms with E-state index in [2.05, 4.69) is 4.98 Å². The van der Waals surface area contributed by atoms with Crippen molar-refractivity contribution < 1.29 is 13.5 Å². The number of piperazine rings is 1. The predicted octanol–water partition coefficient (Wildman–Crippen LogP) is -0.178. The maximum absolute atomic E-state index is 12.5. The zero-order valence-corrected chi connectivity index (χ0v) is 14.1. The number of thiazole rings is 1. The van der Waals surface area contributed by atoms with Crippen LogP contribution in [0.5, 0.6) is 0 Å². The molecule has 0 amide bonds. The van der Waals surface area contributed by atoms with Crippen LogP contribution in [0.25, 0.3) is 0 Å². The number of H-pyrrole nitrogens is 1. The van der Waals surface area contributed by atoms with Gasteiger partial charge in [-0.15, -0.1) is 0 Å². The zero-order valence-electron chi connectivity index (χ0n) is 12.4. The van der Waals surface area contributed by atoms with Gasteiger partial charge in [0, 0.05) is 38.4 Å². The van der Waals surface area contributed by atoms with Gasteiger partial charge in [0.15, 0.2) is 4.21 Å². The molecule has 1 aromatic rings. The molecule has 2 rings (SSSR count). The predicted molar refractivity (Wildman–Crippen MR) is 81.2 cm³/mol. The summed E-state index contributed by atoms with van der Waals surface area (Å²) in [6.07, 6.45) is 0. The average Bonchev–Trinajstić information content (AvgIpc) is 2.68. The molecule has 1 aliphatic heterocycles. The molecule has 2 heterocycles. The summed E-state index contributed by atoms with van der Waals surface area (Å²) in [4.78, 5) is 15.5. The monoisotopic (exact) mass is 335 g/mol. The molecule has 0 radical (unpaired) electrons. The van der Waals surface area contributed by atoms with E-state index < -0.39 is 15.6 Å². The lowest BCUT2D eigenvalue weighted by Gasteiger charge is -2.36. The third-order valence-corrected chi connectivity index (χ3v) is 6.78. The molecule has 9 heteroatoms. The maximum Gasteiger partial charge on any atom is 0.305 e. The average molecular weight is 335 g/mol. The molecule has 1 aliphatic rings. The molecule has 2 N–H and O–H groups in total. The Balaban J connectivity index is 2.08. The van der Waals surface area contributed by atoms with Gasteiger partial charge in [-0.1, -0.05) is 11.3 Å². The van der Waals surface area contributed by atoms with Crippen LogP contribution < -0.4 is 4.87 Å². The number of nitrogens with zero attached hydrogens (tertiary/aromatic N) is 2. The van der Waals surface area contributed by atoms with E-state index in [9.17, 15) is 18.3 Å². The standard InChI is InChI=1S/C12H21N3O4S2/c1-9-10(20-11(16)13-9)21(18,19)15-6-4-14(5-7-15)8-12(2,3)17/h17H,4-8H2,1-3H3,(H,13,16). The molecule has 0 saturated carbocycles. The van der Waals surface area contributed by atoms with Crippen LogP contribution in [-0.4, -0.2) is 66.0 Å². The van der Waals surface area contributed by atoms with Crippen molar-refractivity contribution in [3.63, 3.8) is 0 Å². The summed E-state index contributed by atoms with van der Waals surface area (Å²) in [6.45, 7) is 7.44. The number of nitrogens with one attached hydrogen (secondary N) is 1. The van der Waals surface area contributed by atoms with Crippen molar-refractivity contribution in [2.75, 3.05) is 32.7 Å². The summed E-state index contributed by atoms with van der Waals surface area (Å²) in [5.74, 6) is 0. The minimum Gasteiger partial charge on any atom is -0.389 e. The molecular formula is C12H21N3O4S2. The minimum atomic E-state index is -3.61. The largest absolute Gasteiger partial charge is 0.389 e. The number of aromatic amines is 1. The van der Waals surface area contributed by atoms with Crippen LogP contribution in [0.3, 0.4) is 0 Å². The summed E-state index contributed by atoms with van der Waals surface area (Å²) in [7, 11) is -3.61. The number of β-amino-alcohol motifs (C(OH)–C–C–N with tert-alkyl or cyclic N) is 1.